The van der Waals surface area contributed by atoms with Gasteiger partial charge in [0.2, 0.25) is 5.91 Å². The second-order valence-electron chi connectivity index (χ2n) is 7.55. The van der Waals surface area contributed by atoms with Crippen molar-refractivity contribution in [3.63, 3.8) is 0 Å². The molecule has 1 aromatic heterocycles. The number of ether oxygens (including phenoxy) is 1. The fourth-order valence-corrected chi connectivity index (χ4v) is 3.86. The van der Waals surface area contributed by atoms with E-state index >= 15 is 0 Å². The summed E-state index contributed by atoms with van der Waals surface area (Å²) in [5, 5.41) is 3.64. The van der Waals surface area contributed by atoms with Crippen LogP contribution in [0.25, 0.3) is 17.1 Å². The molecule has 0 saturated carbocycles. The van der Waals surface area contributed by atoms with Crippen LogP contribution in [0.4, 0.5) is 0 Å². The number of rotatable bonds is 8. The summed E-state index contributed by atoms with van der Waals surface area (Å²) < 4.78 is 7.73. The molecule has 1 N–H and O–H groups in total. The molecule has 1 aliphatic rings. The molecule has 31 heavy (non-hydrogen) atoms. The molecule has 3 aromatic rings. The van der Waals surface area contributed by atoms with Crippen molar-refractivity contribution in [2.75, 3.05) is 39.4 Å². The van der Waals surface area contributed by atoms with Crippen LogP contribution in [0, 0.1) is 0 Å². The molecule has 1 saturated heterocycles. The largest absolute Gasteiger partial charge is 0.379 e. The molecule has 1 amide bonds. The number of carbonyl (C=O) groups is 1. The number of fused-ring (bicyclic) bond motifs is 1. The fraction of sp³-hybridized carbons (Fsp3) is 0.333. The number of halogens is 1. The van der Waals surface area contributed by atoms with Crippen molar-refractivity contribution in [2.45, 2.75) is 13.0 Å². The molecule has 0 spiro atoms. The van der Waals surface area contributed by atoms with Gasteiger partial charge >= 0.3 is 0 Å². The van der Waals surface area contributed by atoms with Crippen molar-refractivity contribution >= 4 is 34.6 Å². The van der Waals surface area contributed by atoms with Crippen molar-refractivity contribution in [3.05, 3.63) is 71.0 Å². The highest BCUT2D eigenvalue weighted by Gasteiger charge is 2.14. The van der Waals surface area contributed by atoms with Gasteiger partial charge in [-0.05, 0) is 35.9 Å². The van der Waals surface area contributed by atoms with E-state index in [2.05, 4.69) is 20.9 Å². The second-order valence-corrected chi connectivity index (χ2v) is 7.98. The Hall–Kier alpha value is -2.67. The number of hydrogen-bond donors (Lipinski definition) is 1. The summed E-state index contributed by atoms with van der Waals surface area (Å²) in [6.07, 6.45) is 4.01. The third-order valence-corrected chi connectivity index (χ3v) is 5.67. The summed E-state index contributed by atoms with van der Waals surface area (Å²) in [6.45, 7) is 5.91. The molecule has 0 radical (unpaired) electrons. The van der Waals surface area contributed by atoms with Crippen LogP contribution in [-0.2, 0) is 22.5 Å². The molecule has 1 aliphatic heterocycles. The van der Waals surface area contributed by atoms with Crippen LogP contribution in [0.1, 0.15) is 11.4 Å². The summed E-state index contributed by atoms with van der Waals surface area (Å²) in [6, 6.07) is 15.6. The lowest BCUT2D eigenvalue weighted by molar-refractivity contribution is -0.116. The molecular formula is C24H27ClN4O2. The first-order valence-corrected chi connectivity index (χ1v) is 11.0. The predicted octanol–water partition coefficient (Wildman–Crippen LogP) is 3.39. The molecule has 2 heterocycles. The van der Waals surface area contributed by atoms with E-state index in [0.717, 1.165) is 61.8 Å². The average Bonchev–Trinajstić information content (AvgIpc) is 3.15. The third kappa shape index (κ3) is 5.94. The molecule has 7 heteroatoms. The second kappa shape index (κ2) is 10.6. The van der Waals surface area contributed by atoms with Gasteiger partial charge in [-0.15, -0.1) is 0 Å². The van der Waals surface area contributed by atoms with Crippen LogP contribution in [0.2, 0.25) is 5.02 Å². The van der Waals surface area contributed by atoms with Crippen molar-refractivity contribution < 1.29 is 9.53 Å². The number of nitrogens with one attached hydrogen (secondary N) is 1. The summed E-state index contributed by atoms with van der Waals surface area (Å²) in [5.41, 5.74) is 3.07. The number of morpholine rings is 1. The summed E-state index contributed by atoms with van der Waals surface area (Å²) in [7, 11) is 0. The molecule has 4 rings (SSSR count). The molecule has 6 nitrogen and oxygen atoms in total. The van der Waals surface area contributed by atoms with Gasteiger partial charge in [0, 0.05) is 50.2 Å². The Balaban J connectivity index is 1.36. The zero-order chi connectivity index (χ0) is 21.5. The molecule has 1 fully saturated rings. The van der Waals surface area contributed by atoms with E-state index in [9.17, 15) is 4.79 Å². The molecule has 162 valence electrons. The van der Waals surface area contributed by atoms with Gasteiger partial charge in [-0.3, -0.25) is 9.69 Å². The molecule has 0 bridgehead atoms. The summed E-state index contributed by atoms with van der Waals surface area (Å²) >= 11 is 5.89. The van der Waals surface area contributed by atoms with Gasteiger partial charge < -0.3 is 14.6 Å². The van der Waals surface area contributed by atoms with E-state index in [-0.39, 0.29) is 5.91 Å². The smallest absolute Gasteiger partial charge is 0.244 e. The zero-order valence-corrected chi connectivity index (χ0v) is 18.2. The van der Waals surface area contributed by atoms with Gasteiger partial charge in [0.1, 0.15) is 5.82 Å². The molecular weight excluding hydrogens is 412 g/mol. The Kier molecular flexibility index (Phi) is 7.35. The van der Waals surface area contributed by atoms with Crippen LogP contribution in [-0.4, -0.2) is 59.8 Å². The number of amides is 1. The quantitative estimate of drug-likeness (QED) is 0.548. The highest BCUT2D eigenvalue weighted by molar-refractivity contribution is 6.30. The number of carbonyl (C=O) groups excluding carboxylic acids is 1. The number of imidazole rings is 1. The van der Waals surface area contributed by atoms with Gasteiger partial charge in [0.15, 0.2) is 0 Å². The normalized spacial score (nSPS) is 15.0. The van der Waals surface area contributed by atoms with Crippen molar-refractivity contribution in [3.8, 4) is 0 Å². The van der Waals surface area contributed by atoms with Gasteiger partial charge in [0.25, 0.3) is 0 Å². The molecule has 0 atom stereocenters. The zero-order valence-electron chi connectivity index (χ0n) is 17.5. The minimum absolute atomic E-state index is 0.120. The maximum Gasteiger partial charge on any atom is 0.244 e. The topological polar surface area (TPSA) is 59.4 Å². The molecule has 2 aromatic carbocycles. The van der Waals surface area contributed by atoms with Gasteiger partial charge in [-0.2, -0.15) is 0 Å². The Labute approximate surface area is 187 Å². The first kappa shape index (κ1) is 21.6. The lowest BCUT2D eigenvalue weighted by atomic mass is 10.2. The van der Waals surface area contributed by atoms with Crippen LogP contribution in [0.15, 0.2) is 54.6 Å². The van der Waals surface area contributed by atoms with Crippen LogP contribution in [0.5, 0.6) is 0 Å². The highest BCUT2D eigenvalue weighted by atomic mass is 35.5. The Morgan fingerprint density at radius 1 is 1.10 bits per heavy atom. The fourth-order valence-electron chi connectivity index (χ4n) is 3.73. The SMILES string of the molecule is O=C(/C=C/c1ccc(Cl)cc1)NCCc1nc2ccccc2n1CCN1CCOCC1. The van der Waals surface area contributed by atoms with E-state index in [4.69, 9.17) is 21.3 Å². The van der Waals surface area contributed by atoms with Crippen molar-refractivity contribution in [1.82, 2.24) is 19.8 Å². The monoisotopic (exact) mass is 438 g/mol. The van der Waals surface area contributed by atoms with Gasteiger partial charge in [-0.25, -0.2) is 4.98 Å². The maximum absolute atomic E-state index is 12.2. The number of hydrogen-bond acceptors (Lipinski definition) is 4. The Morgan fingerprint density at radius 2 is 1.87 bits per heavy atom. The Morgan fingerprint density at radius 3 is 2.68 bits per heavy atom. The van der Waals surface area contributed by atoms with E-state index in [0.29, 0.717) is 18.0 Å². The number of aromatic nitrogens is 2. The van der Waals surface area contributed by atoms with E-state index in [1.165, 1.54) is 0 Å². The van der Waals surface area contributed by atoms with Crippen molar-refractivity contribution in [1.29, 1.82) is 0 Å². The van der Waals surface area contributed by atoms with Gasteiger partial charge in [-0.1, -0.05) is 35.9 Å². The lowest BCUT2D eigenvalue weighted by Gasteiger charge is -2.27. The lowest BCUT2D eigenvalue weighted by Crippen LogP contribution is -2.38. The van der Waals surface area contributed by atoms with E-state index in [1.54, 1.807) is 24.3 Å². The number of para-hydroxylation sites is 2. The first-order valence-electron chi connectivity index (χ1n) is 10.6. The van der Waals surface area contributed by atoms with Crippen molar-refractivity contribution in [2.24, 2.45) is 0 Å². The summed E-state index contributed by atoms with van der Waals surface area (Å²) in [4.78, 5) is 19.4. The molecule has 0 unspecified atom stereocenters. The average molecular weight is 439 g/mol. The summed E-state index contributed by atoms with van der Waals surface area (Å²) in [5.74, 6) is 0.877. The molecule has 0 aliphatic carbocycles. The third-order valence-electron chi connectivity index (χ3n) is 5.42. The first-order chi connectivity index (χ1) is 15.2. The number of benzene rings is 2. The standard InChI is InChI=1S/C24H27ClN4O2/c25-20-8-5-19(6-9-20)7-10-24(30)26-12-11-23-27-21-3-1-2-4-22(21)29(23)14-13-28-15-17-31-18-16-28/h1-10H,11-18H2,(H,26,30)/b10-7+. The highest BCUT2D eigenvalue weighted by Crippen LogP contribution is 2.17. The Bertz CT molecular complexity index is 1040. The van der Waals surface area contributed by atoms with Crippen LogP contribution >= 0.6 is 11.6 Å². The van der Waals surface area contributed by atoms with E-state index in [1.807, 2.05) is 30.3 Å². The van der Waals surface area contributed by atoms with Crippen LogP contribution < -0.4 is 5.32 Å². The minimum Gasteiger partial charge on any atom is -0.379 e. The number of nitrogens with zero attached hydrogens (tertiary/aromatic N) is 3. The minimum atomic E-state index is -0.120. The maximum atomic E-state index is 12.2. The van der Waals surface area contributed by atoms with E-state index < -0.39 is 0 Å². The predicted molar refractivity (Wildman–Crippen MR) is 124 cm³/mol. The van der Waals surface area contributed by atoms with Gasteiger partial charge in [0.05, 0.1) is 24.2 Å². The van der Waals surface area contributed by atoms with Crippen LogP contribution in [0.3, 0.4) is 0 Å².